The van der Waals surface area contributed by atoms with Gasteiger partial charge in [0.2, 0.25) is 5.95 Å². The van der Waals surface area contributed by atoms with Crippen molar-refractivity contribution < 1.29 is 9.47 Å². The van der Waals surface area contributed by atoms with Crippen LogP contribution in [-0.2, 0) is 6.42 Å². The molecule has 0 aliphatic rings. The molecule has 7 nitrogen and oxygen atoms in total. The number of likely N-dealkylation sites (N-methyl/N-ethyl adjacent to an activating group) is 1. The molecule has 35 heavy (non-hydrogen) atoms. The number of aromatic nitrogens is 4. The van der Waals surface area contributed by atoms with Crippen LogP contribution < -0.4 is 14.4 Å². The van der Waals surface area contributed by atoms with E-state index in [0.29, 0.717) is 16.5 Å². The smallest absolute Gasteiger partial charge is 0.213 e. The molecule has 0 N–H and O–H groups in total. The van der Waals surface area contributed by atoms with Crippen LogP contribution in [0.15, 0.2) is 60.7 Å². The third-order valence-corrected chi connectivity index (χ3v) is 6.32. The number of anilines is 1. The van der Waals surface area contributed by atoms with Crippen LogP contribution in [-0.4, -0.2) is 47.4 Å². The number of hydrogen-bond acceptors (Lipinski definition) is 6. The molecule has 2 heterocycles. The van der Waals surface area contributed by atoms with Gasteiger partial charge in [-0.2, -0.15) is 0 Å². The Hall–Kier alpha value is -3.84. The number of nitrogens with zero attached hydrogens (tertiary/aromatic N) is 5. The van der Waals surface area contributed by atoms with Crippen molar-refractivity contribution in [3.05, 3.63) is 76.8 Å². The largest absolute Gasteiger partial charge is 0.493 e. The van der Waals surface area contributed by atoms with Gasteiger partial charge < -0.3 is 14.4 Å². The lowest BCUT2D eigenvalue weighted by molar-refractivity contribution is 0.354. The fourth-order valence-electron chi connectivity index (χ4n) is 4.25. The number of halogens is 1. The number of fused-ring (bicyclic) bond motifs is 3. The van der Waals surface area contributed by atoms with Crippen LogP contribution in [0.4, 0.5) is 5.95 Å². The fraction of sp³-hybridized carbons (Fsp3) is 0.222. The van der Waals surface area contributed by atoms with Gasteiger partial charge in [0.25, 0.3) is 0 Å². The number of methoxy groups -OCH3 is 2. The van der Waals surface area contributed by atoms with Gasteiger partial charge in [-0.15, -0.1) is 10.2 Å². The van der Waals surface area contributed by atoms with Gasteiger partial charge in [-0.05, 0) is 55.3 Å². The number of aryl methyl sites for hydroxylation is 1. The molecule has 0 unspecified atom stereocenters. The van der Waals surface area contributed by atoms with Crippen LogP contribution >= 0.6 is 11.6 Å². The highest BCUT2D eigenvalue weighted by atomic mass is 35.5. The predicted molar refractivity (Wildman–Crippen MR) is 140 cm³/mol. The van der Waals surface area contributed by atoms with Crippen molar-refractivity contribution in [2.24, 2.45) is 0 Å². The molecule has 0 radical (unpaired) electrons. The Morgan fingerprint density at radius 2 is 1.77 bits per heavy atom. The molecule has 0 aliphatic carbocycles. The minimum Gasteiger partial charge on any atom is -0.493 e. The number of rotatable bonds is 7. The van der Waals surface area contributed by atoms with Gasteiger partial charge in [-0.1, -0.05) is 41.4 Å². The summed E-state index contributed by atoms with van der Waals surface area (Å²) < 4.78 is 12.9. The molecule has 0 atom stereocenters. The highest BCUT2D eigenvalue weighted by Gasteiger charge is 2.19. The zero-order valence-electron chi connectivity index (χ0n) is 20.1. The minimum absolute atomic E-state index is 0.631. The maximum atomic E-state index is 6.30. The van der Waals surface area contributed by atoms with Crippen molar-refractivity contribution in [2.75, 3.05) is 32.7 Å². The van der Waals surface area contributed by atoms with E-state index in [1.54, 1.807) is 14.2 Å². The lowest BCUT2D eigenvalue weighted by Gasteiger charge is -2.21. The van der Waals surface area contributed by atoms with Gasteiger partial charge in [0, 0.05) is 29.6 Å². The Morgan fingerprint density at radius 1 is 0.943 bits per heavy atom. The molecule has 0 amide bonds. The SMILES string of the molecule is COc1ccc(CCN(C)c2nc3cc(Cl)ccc3c3nnc(-c4cccc(C)c4)n23)cc1OC. The fourth-order valence-corrected chi connectivity index (χ4v) is 4.42. The van der Waals surface area contributed by atoms with E-state index in [2.05, 4.69) is 40.2 Å². The van der Waals surface area contributed by atoms with Crippen molar-refractivity contribution in [3.8, 4) is 22.9 Å². The molecule has 8 heteroatoms. The van der Waals surface area contributed by atoms with Crippen LogP contribution in [0.5, 0.6) is 11.5 Å². The van der Waals surface area contributed by atoms with E-state index >= 15 is 0 Å². The first-order valence-corrected chi connectivity index (χ1v) is 11.7. The van der Waals surface area contributed by atoms with E-state index in [1.165, 1.54) is 0 Å². The maximum Gasteiger partial charge on any atom is 0.213 e. The Bertz CT molecular complexity index is 1530. The minimum atomic E-state index is 0.631. The maximum absolute atomic E-state index is 6.30. The third-order valence-electron chi connectivity index (χ3n) is 6.09. The van der Waals surface area contributed by atoms with E-state index in [0.717, 1.165) is 58.0 Å². The monoisotopic (exact) mass is 487 g/mol. The number of benzene rings is 3. The topological polar surface area (TPSA) is 64.8 Å². The van der Waals surface area contributed by atoms with Gasteiger partial charge >= 0.3 is 0 Å². The second-order valence-corrected chi connectivity index (χ2v) is 8.92. The zero-order valence-corrected chi connectivity index (χ0v) is 20.9. The number of ether oxygens (including phenoxy) is 2. The molecular formula is C27H26ClN5O2. The lowest BCUT2D eigenvalue weighted by Crippen LogP contribution is -2.24. The first-order valence-electron chi connectivity index (χ1n) is 11.3. The molecule has 178 valence electrons. The molecule has 0 bridgehead atoms. The quantitative estimate of drug-likeness (QED) is 0.297. The summed E-state index contributed by atoms with van der Waals surface area (Å²) in [6, 6.07) is 19.9. The summed E-state index contributed by atoms with van der Waals surface area (Å²) in [5.41, 5.74) is 4.81. The van der Waals surface area contributed by atoms with Crippen LogP contribution in [0.2, 0.25) is 5.02 Å². The molecule has 0 spiro atoms. The third kappa shape index (κ3) is 4.35. The van der Waals surface area contributed by atoms with Crippen molar-refractivity contribution in [1.82, 2.24) is 19.6 Å². The summed E-state index contributed by atoms with van der Waals surface area (Å²) in [7, 11) is 5.31. The Balaban J connectivity index is 1.58. The van der Waals surface area contributed by atoms with Gasteiger partial charge in [0.15, 0.2) is 23.0 Å². The summed E-state index contributed by atoms with van der Waals surface area (Å²) in [6.45, 7) is 2.79. The molecule has 0 aliphatic heterocycles. The highest BCUT2D eigenvalue weighted by molar-refractivity contribution is 6.31. The van der Waals surface area contributed by atoms with E-state index in [4.69, 9.17) is 26.1 Å². The molecule has 0 saturated heterocycles. The summed E-state index contributed by atoms with van der Waals surface area (Å²) in [5.74, 6) is 2.93. The van der Waals surface area contributed by atoms with Gasteiger partial charge in [0.05, 0.1) is 19.7 Å². The second kappa shape index (κ2) is 9.43. The van der Waals surface area contributed by atoms with Crippen molar-refractivity contribution in [3.63, 3.8) is 0 Å². The molecule has 5 rings (SSSR count). The van der Waals surface area contributed by atoms with Crippen LogP contribution in [0.1, 0.15) is 11.1 Å². The molecule has 2 aromatic heterocycles. The number of hydrogen-bond donors (Lipinski definition) is 0. The highest BCUT2D eigenvalue weighted by Crippen LogP contribution is 2.31. The Kier molecular flexibility index (Phi) is 6.17. The van der Waals surface area contributed by atoms with Crippen molar-refractivity contribution in [1.29, 1.82) is 0 Å². The van der Waals surface area contributed by atoms with Crippen molar-refractivity contribution in [2.45, 2.75) is 13.3 Å². The van der Waals surface area contributed by atoms with Gasteiger partial charge in [0.1, 0.15) is 0 Å². The van der Waals surface area contributed by atoms with Crippen molar-refractivity contribution >= 4 is 34.1 Å². The van der Waals surface area contributed by atoms with Crippen LogP contribution in [0, 0.1) is 6.92 Å². The summed E-state index contributed by atoms with van der Waals surface area (Å²) in [4.78, 5) is 7.12. The molecule has 3 aromatic carbocycles. The second-order valence-electron chi connectivity index (χ2n) is 8.49. The Morgan fingerprint density at radius 3 is 2.54 bits per heavy atom. The summed E-state index contributed by atoms with van der Waals surface area (Å²) >= 11 is 6.30. The first kappa shape index (κ1) is 22.9. The first-order chi connectivity index (χ1) is 17.0. The van der Waals surface area contributed by atoms with Crippen LogP contribution in [0.25, 0.3) is 27.9 Å². The molecule has 0 fully saturated rings. The summed E-state index contributed by atoms with van der Waals surface area (Å²) in [6.07, 6.45) is 0.787. The van der Waals surface area contributed by atoms with Crippen LogP contribution in [0.3, 0.4) is 0 Å². The van der Waals surface area contributed by atoms with Gasteiger partial charge in [-0.3, -0.25) is 0 Å². The van der Waals surface area contributed by atoms with Gasteiger partial charge in [-0.25, -0.2) is 9.38 Å². The average Bonchev–Trinajstić information content (AvgIpc) is 3.31. The lowest BCUT2D eigenvalue weighted by atomic mass is 10.1. The normalized spacial score (nSPS) is 11.2. The molecule has 0 saturated carbocycles. The Labute approximate surface area is 208 Å². The molecular weight excluding hydrogens is 462 g/mol. The average molecular weight is 488 g/mol. The van der Waals surface area contributed by atoms with E-state index in [-0.39, 0.29) is 0 Å². The zero-order chi connectivity index (χ0) is 24.5. The standard InChI is InChI=1S/C27H26ClN5O2/c1-17-6-5-7-19(14-17)25-30-31-26-21-10-9-20(28)16-22(21)29-27(33(25)26)32(2)13-12-18-8-11-23(34-3)24(15-18)35-4/h5-11,14-16H,12-13H2,1-4H3. The van der Waals surface area contributed by atoms with E-state index < -0.39 is 0 Å². The summed E-state index contributed by atoms with van der Waals surface area (Å²) in [5, 5.41) is 10.7. The van der Waals surface area contributed by atoms with E-state index in [1.807, 2.05) is 53.9 Å². The van der Waals surface area contributed by atoms with E-state index in [9.17, 15) is 0 Å². The predicted octanol–water partition coefficient (Wildman–Crippen LogP) is 5.60. The molecule has 5 aromatic rings.